The van der Waals surface area contributed by atoms with Crippen LogP contribution in [-0.2, 0) is 0 Å². The number of carbonyl (C=O) groups excluding carboxylic acids is 1. The van der Waals surface area contributed by atoms with E-state index in [0.29, 0.717) is 18.6 Å². The first-order valence-electron chi connectivity index (χ1n) is 5.99. The Morgan fingerprint density at radius 3 is 2.41 bits per heavy atom. The molecule has 0 spiro atoms. The predicted molar refractivity (Wildman–Crippen MR) is 66.0 cm³/mol. The van der Waals surface area contributed by atoms with Gasteiger partial charge < -0.3 is 14.8 Å². The van der Waals surface area contributed by atoms with Crippen LogP contribution in [0, 0.1) is 13.8 Å². The molecule has 0 fully saturated rings. The van der Waals surface area contributed by atoms with Gasteiger partial charge in [0.2, 0.25) is 0 Å². The van der Waals surface area contributed by atoms with Crippen LogP contribution >= 0.6 is 0 Å². The number of aryl methyl sites for hydroxylation is 2. The highest BCUT2D eigenvalue weighted by Gasteiger charge is 2.23. The first-order valence-corrected chi connectivity index (χ1v) is 5.99. The fraction of sp³-hybridized carbons (Fsp3) is 0.615. The van der Waals surface area contributed by atoms with E-state index >= 15 is 0 Å². The van der Waals surface area contributed by atoms with E-state index in [1.54, 1.807) is 6.07 Å². The highest BCUT2D eigenvalue weighted by atomic mass is 16.3. The lowest BCUT2D eigenvalue weighted by atomic mass is 9.97. The third-order valence-corrected chi connectivity index (χ3v) is 3.28. The lowest BCUT2D eigenvalue weighted by Gasteiger charge is -2.24. The van der Waals surface area contributed by atoms with Crippen molar-refractivity contribution >= 4 is 5.91 Å². The van der Waals surface area contributed by atoms with Crippen molar-refractivity contribution in [2.24, 2.45) is 0 Å². The van der Waals surface area contributed by atoms with Crippen molar-refractivity contribution in [2.45, 2.75) is 46.1 Å². The molecule has 0 aliphatic carbocycles. The molecule has 0 radical (unpaired) electrons. The van der Waals surface area contributed by atoms with Gasteiger partial charge in [0.15, 0.2) is 5.76 Å². The monoisotopic (exact) mass is 239 g/mol. The number of aliphatic hydroxyl groups is 1. The summed E-state index contributed by atoms with van der Waals surface area (Å²) in [4.78, 5) is 11.8. The number of furan rings is 1. The van der Waals surface area contributed by atoms with E-state index < -0.39 is 5.60 Å². The van der Waals surface area contributed by atoms with E-state index in [1.807, 2.05) is 27.7 Å². The third-order valence-electron chi connectivity index (χ3n) is 3.28. The highest BCUT2D eigenvalue weighted by molar-refractivity contribution is 5.91. The van der Waals surface area contributed by atoms with Gasteiger partial charge in [0.25, 0.3) is 5.91 Å². The van der Waals surface area contributed by atoms with Crippen molar-refractivity contribution in [1.29, 1.82) is 0 Å². The topological polar surface area (TPSA) is 62.5 Å². The number of hydrogen-bond acceptors (Lipinski definition) is 3. The average molecular weight is 239 g/mol. The molecule has 0 atom stereocenters. The fourth-order valence-electron chi connectivity index (χ4n) is 1.52. The zero-order valence-electron chi connectivity index (χ0n) is 11.0. The first kappa shape index (κ1) is 13.8. The Bertz CT molecular complexity index is 372. The van der Waals surface area contributed by atoms with Gasteiger partial charge in [-0.2, -0.15) is 0 Å². The zero-order chi connectivity index (χ0) is 13.1. The number of hydrogen-bond donors (Lipinski definition) is 2. The van der Waals surface area contributed by atoms with E-state index in [1.165, 1.54) is 0 Å². The number of carbonyl (C=O) groups is 1. The molecule has 1 rings (SSSR count). The van der Waals surface area contributed by atoms with Crippen molar-refractivity contribution in [2.75, 3.05) is 6.54 Å². The van der Waals surface area contributed by atoms with Crippen molar-refractivity contribution in [3.8, 4) is 0 Å². The molecule has 17 heavy (non-hydrogen) atoms. The second-order valence-electron chi connectivity index (χ2n) is 4.46. The highest BCUT2D eigenvalue weighted by Crippen LogP contribution is 2.15. The summed E-state index contributed by atoms with van der Waals surface area (Å²) in [6.07, 6.45) is 1.22. The Morgan fingerprint density at radius 2 is 2.00 bits per heavy atom. The van der Waals surface area contributed by atoms with Gasteiger partial charge in [-0.25, -0.2) is 0 Å². The van der Waals surface area contributed by atoms with Crippen LogP contribution in [0.15, 0.2) is 10.5 Å². The summed E-state index contributed by atoms with van der Waals surface area (Å²) in [5.41, 5.74) is 0.128. The molecule has 0 saturated heterocycles. The maximum Gasteiger partial charge on any atom is 0.287 e. The molecule has 1 amide bonds. The lowest BCUT2D eigenvalue weighted by molar-refractivity contribution is 0.0310. The standard InChI is InChI=1S/C13H21NO3/c1-5-13(16,6-2)8-14-12(15)11-7-9(3)10(4)17-11/h7,16H,5-6,8H2,1-4H3,(H,14,15). The summed E-state index contributed by atoms with van der Waals surface area (Å²) >= 11 is 0. The molecule has 1 heterocycles. The maximum absolute atomic E-state index is 11.8. The smallest absolute Gasteiger partial charge is 0.287 e. The fourth-order valence-corrected chi connectivity index (χ4v) is 1.52. The minimum atomic E-state index is -0.827. The number of rotatable bonds is 5. The lowest BCUT2D eigenvalue weighted by Crippen LogP contribution is -2.41. The van der Waals surface area contributed by atoms with Gasteiger partial charge in [0, 0.05) is 6.54 Å². The van der Waals surface area contributed by atoms with Crippen LogP contribution < -0.4 is 5.32 Å². The van der Waals surface area contributed by atoms with Gasteiger partial charge in [-0.1, -0.05) is 13.8 Å². The summed E-state index contributed by atoms with van der Waals surface area (Å²) in [5, 5.41) is 12.7. The van der Waals surface area contributed by atoms with E-state index in [0.717, 1.165) is 11.3 Å². The minimum absolute atomic E-state index is 0.248. The van der Waals surface area contributed by atoms with Crippen LogP contribution in [-0.4, -0.2) is 23.2 Å². The Hall–Kier alpha value is -1.29. The summed E-state index contributed by atoms with van der Waals surface area (Å²) < 4.78 is 5.31. The molecule has 4 heteroatoms. The van der Waals surface area contributed by atoms with Crippen LogP contribution in [0.25, 0.3) is 0 Å². The van der Waals surface area contributed by atoms with Crippen molar-refractivity contribution in [1.82, 2.24) is 5.32 Å². The van der Waals surface area contributed by atoms with Crippen LogP contribution in [0.5, 0.6) is 0 Å². The normalized spacial score (nSPS) is 11.6. The van der Waals surface area contributed by atoms with Crippen molar-refractivity contribution in [3.05, 3.63) is 23.2 Å². The first-order chi connectivity index (χ1) is 7.91. The molecule has 1 aromatic rings. The summed E-state index contributed by atoms with van der Waals surface area (Å²) in [6, 6.07) is 1.71. The van der Waals surface area contributed by atoms with Crippen LogP contribution in [0.3, 0.4) is 0 Å². The molecule has 0 bridgehead atoms. The number of nitrogens with one attached hydrogen (secondary N) is 1. The van der Waals surface area contributed by atoms with Gasteiger partial charge in [-0.15, -0.1) is 0 Å². The van der Waals surface area contributed by atoms with Crippen LogP contribution in [0.1, 0.15) is 48.6 Å². The Balaban J connectivity index is 2.61. The van der Waals surface area contributed by atoms with Crippen molar-refractivity contribution < 1.29 is 14.3 Å². The van der Waals surface area contributed by atoms with Gasteiger partial charge in [-0.05, 0) is 38.3 Å². The number of amides is 1. The molecule has 2 N–H and O–H groups in total. The molecular formula is C13H21NO3. The van der Waals surface area contributed by atoms with E-state index in [2.05, 4.69) is 5.32 Å². The van der Waals surface area contributed by atoms with Gasteiger partial charge in [0.05, 0.1) is 5.60 Å². The molecule has 0 saturated carbocycles. The molecule has 96 valence electrons. The zero-order valence-corrected chi connectivity index (χ0v) is 11.0. The van der Waals surface area contributed by atoms with E-state index in [9.17, 15) is 9.90 Å². The maximum atomic E-state index is 11.8. The summed E-state index contributed by atoms with van der Waals surface area (Å²) in [6.45, 7) is 7.76. The SMILES string of the molecule is CCC(O)(CC)CNC(=O)c1cc(C)c(C)o1. The second kappa shape index (κ2) is 5.36. The Labute approximate surface area is 102 Å². The van der Waals surface area contributed by atoms with Gasteiger partial charge in [-0.3, -0.25) is 4.79 Å². The van der Waals surface area contributed by atoms with Crippen LogP contribution in [0.4, 0.5) is 0 Å². The van der Waals surface area contributed by atoms with Crippen LogP contribution in [0.2, 0.25) is 0 Å². The van der Waals surface area contributed by atoms with E-state index in [4.69, 9.17) is 4.42 Å². The molecule has 1 aromatic heterocycles. The predicted octanol–water partition coefficient (Wildman–Crippen LogP) is 2.18. The molecule has 0 aromatic carbocycles. The Kier molecular flexibility index (Phi) is 4.34. The minimum Gasteiger partial charge on any atom is -0.456 e. The molecule has 0 aliphatic heterocycles. The molecular weight excluding hydrogens is 218 g/mol. The van der Waals surface area contributed by atoms with E-state index in [-0.39, 0.29) is 12.5 Å². The molecule has 0 unspecified atom stereocenters. The third kappa shape index (κ3) is 3.33. The Morgan fingerprint density at radius 1 is 1.41 bits per heavy atom. The van der Waals surface area contributed by atoms with Gasteiger partial charge >= 0.3 is 0 Å². The van der Waals surface area contributed by atoms with Crippen molar-refractivity contribution in [3.63, 3.8) is 0 Å². The molecule has 0 aliphatic rings. The quantitative estimate of drug-likeness (QED) is 0.827. The second-order valence-corrected chi connectivity index (χ2v) is 4.46. The largest absolute Gasteiger partial charge is 0.456 e. The summed E-state index contributed by atoms with van der Waals surface area (Å²) in [7, 11) is 0. The molecule has 4 nitrogen and oxygen atoms in total. The summed E-state index contributed by atoms with van der Waals surface area (Å²) in [5.74, 6) is 0.771. The van der Waals surface area contributed by atoms with Gasteiger partial charge in [0.1, 0.15) is 5.76 Å². The average Bonchev–Trinajstić information content (AvgIpc) is 2.66.